The van der Waals surface area contributed by atoms with Gasteiger partial charge in [0.05, 0.1) is 18.8 Å². The number of para-hydroxylation sites is 1. The summed E-state index contributed by atoms with van der Waals surface area (Å²) in [6.07, 6.45) is 3.70. The van der Waals surface area contributed by atoms with Gasteiger partial charge in [0.1, 0.15) is 0 Å². The van der Waals surface area contributed by atoms with Crippen molar-refractivity contribution >= 4 is 16.8 Å². The molecule has 0 fully saturated rings. The molecule has 0 saturated carbocycles. The number of fused-ring (bicyclic) bond motifs is 3. The highest BCUT2D eigenvalue weighted by atomic mass is 16.2. The Labute approximate surface area is 151 Å². The molecule has 1 aliphatic heterocycles. The average Bonchev–Trinajstić information content (AvgIpc) is 3.01. The zero-order chi connectivity index (χ0) is 18.3. The van der Waals surface area contributed by atoms with Crippen LogP contribution in [0, 0.1) is 5.92 Å². The number of hydrogen-bond acceptors (Lipinski definition) is 3. The number of hydrogen-bond donors (Lipinski definition) is 2. The van der Waals surface area contributed by atoms with Gasteiger partial charge >= 0.3 is 0 Å². The Balaban J connectivity index is 1.70. The van der Waals surface area contributed by atoms with Crippen LogP contribution >= 0.6 is 0 Å². The largest absolute Gasteiger partial charge is 0.356 e. The van der Waals surface area contributed by atoms with Crippen LogP contribution < -0.4 is 5.56 Å². The van der Waals surface area contributed by atoms with Crippen molar-refractivity contribution in [2.75, 3.05) is 6.54 Å². The van der Waals surface area contributed by atoms with Crippen LogP contribution in [0.25, 0.3) is 10.9 Å². The number of nitrogens with zero attached hydrogens (tertiary/aromatic N) is 2. The van der Waals surface area contributed by atoms with E-state index in [1.165, 1.54) is 23.5 Å². The second kappa shape index (κ2) is 6.44. The van der Waals surface area contributed by atoms with Gasteiger partial charge in [0.2, 0.25) is 5.91 Å². The second-order valence-corrected chi connectivity index (χ2v) is 7.17. The van der Waals surface area contributed by atoms with E-state index in [1.807, 2.05) is 17.0 Å². The molecule has 2 aromatic heterocycles. The summed E-state index contributed by atoms with van der Waals surface area (Å²) in [5.41, 5.74) is 3.70. The number of rotatable bonds is 3. The lowest BCUT2D eigenvalue weighted by atomic mass is 9.90. The molecular formula is C20H22N4O2. The third-order valence-corrected chi connectivity index (χ3v) is 5.17. The molecule has 0 spiro atoms. The lowest BCUT2D eigenvalue weighted by Gasteiger charge is -2.38. The van der Waals surface area contributed by atoms with Crippen LogP contribution in [-0.2, 0) is 17.6 Å². The Kier molecular flexibility index (Phi) is 4.11. The van der Waals surface area contributed by atoms with Crippen LogP contribution in [0.15, 0.2) is 41.6 Å². The first-order valence-electron chi connectivity index (χ1n) is 8.96. The van der Waals surface area contributed by atoms with Gasteiger partial charge in [0.15, 0.2) is 0 Å². The summed E-state index contributed by atoms with van der Waals surface area (Å²) in [5.74, 6) is 0.227. The van der Waals surface area contributed by atoms with Crippen molar-refractivity contribution in [3.8, 4) is 0 Å². The molecule has 3 aromatic rings. The van der Waals surface area contributed by atoms with E-state index in [4.69, 9.17) is 0 Å². The third kappa shape index (κ3) is 2.71. The van der Waals surface area contributed by atoms with Crippen molar-refractivity contribution in [2.24, 2.45) is 5.92 Å². The number of nitrogens with one attached hydrogen (secondary N) is 2. The van der Waals surface area contributed by atoms with Gasteiger partial charge in [-0.3, -0.25) is 9.59 Å². The molecule has 6 nitrogen and oxygen atoms in total. The highest BCUT2D eigenvalue weighted by molar-refractivity contribution is 5.86. The van der Waals surface area contributed by atoms with Crippen molar-refractivity contribution in [1.29, 1.82) is 0 Å². The molecule has 0 radical (unpaired) electrons. The SMILES string of the molecule is CC(C)[C@@H]1c2[nH]c3ccccc3c2CCN1C(=O)Cc1cnc[nH]c1=O. The van der Waals surface area contributed by atoms with Gasteiger partial charge in [-0.15, -0.1) is 0 Å². The van der Waals surface area contributed by atoms with Crippen LogP contribution in [0.4, 0.5) is 0 Å². The first-order valence-corrected chi connectivity index (χ1v) is 8.96. The number of aromatic amines is 2. The molecular weight excluding hydrogens is 328 g/mol. The summed E-state index contributed by atoms with van der Waals surface area (Å²) in [7, 11) is 0. The fraction of sp³-hybridized carbons (Fsp3) is 0.350. The first kappa shape index (κ1) is 16.6. The maximum absolute atomic E-state index is 13.0. The van der Waals surface area contributed by atoms with Crippen molar-refractivity contribution in [2.45, 2.75) is 32.7 Å². The Morgan fingerprint density at radius 1 is 1.35 bits per heavy atom. The third-order valence-electron chi connectivity index (χ3n) is 5.17. The molecule has 26 heavy (non-hydrogen) atoms. The van der Waals surface area contributed by atoms with E-state index < -0.39 is 0 Å². The zero-order valence-corrected chi connectivity index (χ0v) is 15.0. The smallest absolute Gasteiger partial charge is 0.254 e. The first-order chi connectivity index (χ1) is 12.6. The summed E-state index contributed by atoms with van der Waals surface area (Å²) < 4.78 is 0. The Hall–Kier alpha value is -2.89. The van der Waals surface area contributed by atoms with Crippen LogP contribution in [0.3, 0.4) is 0 Å². The van der Waals surface area contributed by atoms with Gasteiger partial charge in [-0.05, 0) is 24.0 Å². The lowest BCUT2D eigenvalue weighted by Crippen LogP contribution is -2.43. The van der Waals surface area contributed by atoms with E-state index in [-0.39, 0.29) is 29.8 Å². The number of aromatic nitrogens is 3. The van der Waals surface area contributed by atoms with Crippen LogP contribution in [0.5, 0.6) is 0 Å². The predicted octanol–water partition coefficient (Wildman–Crippen LogP) is 2.58. The van der Waals surface area contributed by atoms with Gasteiger partial charge in [0.25, 0.3) is 5.56 Å². The van der Waals surface area contributed by atoms with Crippen LogP contribution in [-0.4, -0.2) is 32.3 Å². The fourth-order valence-electron chi connectivity index (χ4n) is 4.01. The van der Waals surface area contributed by atoms with Crippen LogP contribution in [0.2, 0.25) is 0 Å². The average molecular weight is 350 g/mol. The van der Waals surface area contributed by atoms with Crippen molar-refractivity contribution in [3.05, 3.63) is 64.0 Å². The molecule has 1 amide bonds. The summed E-state index contributed by atoms with van der Waals surface area (Å²) in [4.78, 5) is 36.8. The maximum Gasteiger partial charge on any atom is 0.254 e. The Morgan fingerprint density at radius 3 is 2.92 bits per heavy atom. The van der Waals surface area contributed by atoms with Crippen molar-refractivity contribution in [1.82, 2.24) is 19.9 Å². The Bertz CT molecular complexity index is 1020. The van der Waals surface area contributed by atoms with Gasteiger partial charge in [-0.25, -0.2) is 4.98 Å². The monoisotopic (exact) mass is 350 g/mol. The summed E-state index contributed by atoms with van der Waals surface area (Å²) >= 11 is 0. The van der Waals surface area contributed by atoms with Crippen molar-refractivity contribution in [3.63, 3.8) is 0 Å². The molecule has 1 atom stereocenters. The second-order valence-electron chi connectivity index (χ2n) is 7.17. The molecule has 0 unspecified atom stereocenters. The maximum atomic E-state index is 13.0. The fourth-order valence-corrected chi connectivity index (χ4v) is 4.01. The number of H-pyrrole nitrogens is 2. The van der Waals surface area contributed by atoms with E-state index >= 15 is 0 Å². The van der Waals surface area contributed by atoms with Crippen LogP contribution in [0.1, 0.15) is 36.7 Å². The number of benzene rings is 1. The molecule has 0 aliphatic carbocycles. The summed E-state index contributed by atoms with van der Waals surface area (Å²) in [5, 5.41) is 1.24. The minimum atomic E-state index is -0.252. The minimum Gasteiger partial charge on any atom is -0.356 e. The predicted molar refractivity (Wildman–Crippen MR) is 99.9 cm³/mol. The molecule has 4 rings (SSSR count). The van der Waals surface area contributed by atoms with Gasteiger partial charge in [0, 0.05) is 34.9 Å². The number of carbonyl (C=O) groups is 1. The van der Waals surface area contributed by atoms with E-state index in [9.17, 15) is 9.59 Å². The topological polar surface area (TPSA) is 81.8 Å². The van der Waals surface area contributed by atoms with E-state index in [2.05, 4.69) is 40.9 Å². The van der Waals surface area contributed by atoms with Crippen molar-refractivity contribution < 1.29 is 4.79 Å². The molecule has 1 aromatic carbocycles. The van der Waals surface area contributed by atoms with E-state index in [0.717, 1.165) is 17.6 Å². The molecule has 2 N–H and O–H groups in total. The number of carbonyl (C=O) groups excluding carboxylic acids is 1. The molecule has 6 heteroatoms. The quantitative estimate of drug-likeness (QED) is 0.762. The highest BCUT2D eigenvalue weighted by Gasteiger charge is 2.35. The standard InChI is InChI=1S/C20H22N4O2/c1-12(2)19-18-15(14-5-3-4-6-16(14)23-18)7-8-24(19)17(25)9-13-10-21-11-22-20(13)26/h3-6,10-12,19,23H,7-9H2,1-2H3,(H,21,22,26)/t19-/m1/s1. The van der Waals surface area contributed by atoms with E-state index in [0.29, 0.717) is 12.1 Å². The Morgan fingerprint density at radius 2 is 2.15 bits per heavy atom. The normalized spacial score (nSPS) is 16.9. The summed E-state index contributed by atoms with van der Waals surface area (Å²) in [6, 6.07) is 8.26. The van der Waals surface area contributed by atoms with Gasteiger partial charge in [-0.1, -0.05) is 32.0 Å². The highest BCUT2D eigenvalue weighted by Crippen LogP contribution is 2.38. The van der Waals surface area contributed by atoms with E-state index in [1.54, 1.807) is 0 Å². The lowest BCUT2D eigenvalue weighted by molar-refractivity contribution is -0.134. The molecule has 0 bridgehead atoms. The van der Waals surface area contributed by atoms with Gasteiger partial charge < -0.3 is 14.9 Å². The minimum absolute atomic E-state index is 0.0191. The number of amides is 1. The molecule has 0 saturated heterocycles. The molecule has 3 heterocycles. The molecule has 134 valence electrons. The zero-order valence-electron chi connectivity index (χ0n) is 15.0. The van der Waals surface area contributed by atoms with Gasteiger partial charge in [-0.2, -0.15) is 0 Å². The summed E-state index contributed by atoms with van der Waals surface area (Å²) in [6.45, 7) is 4.92. The molecule has 1 aliphatic rings.